The first-order chi connectivity index (χ1) is 16.5. The molecule has 0 unspecified atom stereocenters. The number of nitrogens with zero attached hydrogens (tertiary/aromatic N) is 2. The molecule has 0 aliphatic carbocycles. The Balaban J connectivity index is 1.39. The van der Waals surface area contributed by atoms with Gasteiger partial charge in [-0.1, -0.05) is 53.5 Å². The summed E-state index contributed by atoms with van der Waals surface area (Å²) >= 11 is 12.2. The average molecular weight is 499 g/mol. The first-order valence-electron chi connectivity index (χ1n) is 11.3. The highest BCUT2D eigenvalue weighted by molar-refractivity contribution is 6.31. The normalized spacial score (nSPS) is 15.2. The van der Waals surface area contributed by atoms with Crippen LogP contribution in [0.5, 0.6) is 5.75 Å². The molecular weight excluding hydrogens is 471 g/mol. The van der Waals surface area contributed by atoms with Crippen LogP contribution in [-0.2, 0) is 11.3 Å². The molecule has 1 aliphatic heterocycles. The Kier molecular flexibility index (Phi) is 8.46. The molecular formula is C27H28Cl2N2O3. The van der Waals surface area contributed by atoms with E-state index in [1.807, 2.05) is 65.6 Å². The molecule has 1 atom stereocenters. The van der Waals surface area contributed by atoms with Crippen molar-refractivity contribution in [2.75, 3.05) is 39.8 Å². The molecule has 3 aromatic rings. The van der Waals surface area contributed by atoms with Crippen LogP contribution in [0.3, 0.4) is 0 Å². The van der Waals surface area contributed by atoms with Crippen LogP contribution in [0.4, 0.5) is 0 Å². The lowest BCUT2D eigenvalue weighted by Crippen LogP contribution is -2.49. The molecule has 4 rings (SSSR count). The highest BCUT2D eigenvalue weighted by Gasteiger charge is 2.25. The molecule has 0 aromatic heterocycles. The third-order valence-corrected chi connectivity index (χ3v) is 6.47. The summed E-state index contributed by atoms with van der Waals surface area (Å²) in [5, 5.41) is 1.27. The maximum Gasteiger partial charge on any atom is 0.253 e. The number of ether oxygens (including phenoxy) is 2. The quantitative estimate of drug-likeness (QED) is 0.398. The predicted molar refractivity (Wildman–Crippen MR) is 136 cm³/mol. The fraction of sp³-hybridized carbons (Fsp3) is 0.296. The van der Waals surface area contributed by atoms with Crippen molar-refractivity contribution in [2.24, 2.45) is 0 Å². The van der Waals surface area contributed by atoms with E-state index in [-0.39, 0.29) is 12.0 Å². The number of carbonyl (C=O) groups is 1. The zero-order valence-corrected chi connectivity index (χ0v) is 20.6. The number of hydrogen-bond donors (Lipinski definition) is 0. The molecule has 7 heteroatoms. The molecule has 5 nitrogen and oxygen atoms in total. The summed E-state index contributed by atoms with van der Waals surface area (Å²) in [5.41, 5.74) is 2.75. The van der Waals surface area contributed by atoms with Gasteiger partial charge in [0.25, 0.3) is 5.91 Å². The van der Waals surface area contributed by atoms with Gasteiger partial charge in [-0.2, -0.15) is 0 Å². The molecule has 1 aliphatic rings. The summed E-state index contributed by atoms with van der Waals surface area (Å²) in [5.74, 6) is 0.829. The highest BCUT2D eigenvalue weighted by atomic mass is 35.5. The molecule has 34 heavy (non-hydrogen) atoms. The van der Waals surface area contributed by atoms with Crippen molar-refractivity contribution in [1.82, 2.24) is 9.80 Å². The van der Waals surface area contributed by atoms with Crippen LogP contribution in [-0.4, -0.2) is 55.5 Å². The molecule has 0 spiro atoms. The minimum atomic E-state index is -0.126. The van der Waals surface area contributed by atoms with Crippen molar-refractivity contribution in [3.05, 3.63) is 99.5 Å². The molecule has 0 radical (unpaired) electrons. The number of methoxy groups -OCH3 is 1. The van der Waals surface area contributed by atoms with E-state index in [4.69, 9.17) is 32.7 Å². The van der Waals surface area contributed by atoms with Gasteiger partial charge in [0.1, 0.15) is 5.75 Å². The van der Waals surface area contributed by atoms with E-state index in [1.165, 1.54) is 0 Å². The Labute approximate surface area is 210 Å². The largest absolute Gasteiger partial charge is 0.497 e. The van der Waals surface area contributed by atoms with E-state index in [9.17, 15) is 4.79 Å². The van der Waals surface area contributed by atoms with Gasteiger partial charge in [0.2, 0.25) is 0 Å². The van der Waals surface area contributed by atoms with Gasteiger partial charge in [0.05, 0.1) is 19.8 Å². The molecule has 0 bridgehead atoms. The lowest BCUT2D eigenvalue weighted by atomic mass is 10.1. The van der Waals surface area contributed by atoms with E-state index in [0.717, 1.165) is 36.5 Å². The lowest BCUT2D eigenvalue weighted by Gasteiger charge is -2.36. The standard InChI is InChI=1S/C27H28Cl2N2O3/c1-33-25-7-2-4-20(16-25)19-34-26(21-8-10-23(28)11-9-21)18-30-12-14-31(15-13-30)27(32)22-5-3-6-24(29)17-22/h2-11,16-17,26H,12-15,18-19H2,1H3/t26-/m1/s1. The molecule has 178 valence electrons. The topological polar surface area (TPSA) is 42.0 Å². The number of hydrogen-bond acceptors (Lipinski definition) is 4. The Morgan fingerprint density at radius 2 is 1.65 bits per heavy atom. The van der Waals surface area contributed by atoms with Gasteiger partial charge in [0, 0.05) is 48.3 Å². The third kappa shape index (κ3) is 6.51. The summed E-state index contributed by atoms with van der Waals surface area (Å²) in [6, 6.07) is 22.8. The lowest BCUT2D eigenvalue weighted by molar-refractivity contribution is 0.00337. The Hall–Kier alpha value is -2.57. The van der Waals surface area contributed by atoms with Crippen LogP contribution < -0.4 is 4.74 Å². The molecule has 1 amide bonds. The van der Waals surface area contributed by atoms with Gasteiger partial charge in [0.15, 0.2) is 0 Å². The number of piperazine rings is 1. The van der Waals surface area contributed by atoms with Crippen LogP contribution in [0.1, 0.15) is 27.6 Å². The molecule has 0 saturated carbocycles. The second kappa shape index (κ2) is 11.7. The van der Waals surface area contributed by atoms with E-state index >= 15 is 0 Å². The number of amides is 1. The Morgan fingerprint density at radius 1 is 0.912 bits per heavy atom. The maximum atomic E-state index is 12.8. The maximum absolute atomic E-state index is 12.8. The molecule has 0 N–H and O–H groups in total. The van der Waals surface area contributed by atoms with Crippen molar-refractivity contribution < 1.29 is 14.3 Å². The number of halogens is 2. The predicted octanol–water partition coefficient (Wildman–Crippen LogP) is 5.72. The summed E-state index contributed by atoms with van der Waals surface area (Å²) in [6.45, 7) is 4.07. The van der Waals surface area contributed by atoms with Crippen LogP contribution in [0, 0.1) is 0 Å². The fourth-order valence-electron chi connectivity index (χ4n) is 4.06. The monoisotopic (exact) mass is 498 g/mol. The van der Waals surface area contributed by atoms with Crippen molar-refractivity contribution in [2.45, 2.75) is 12.7 Å². The second-order valence-electron chi connectivity index (χ2n) is 8.31. The van der Waals surface area contributed by atoms with Gasteiger partial charge in [-0.25, -0.2) is 0 Å². The van der Waals surface area contributed by atoms with E-state index < -0.39 is 0 Å². The van der Waals surface area contributed by atoms with Gasteiger partial charge in [-0.15, -0.1) is 0 Å². The first-order valence-corrected chi connectivity index (χ1v) is 12.0. The van der Waals surface area contributed by atoms with E-state index in [2.05, 4.69) is 4.90 Å². The van der Waals surface area contributed by atoms with E-state index in [1.54, 1.807) is 19.2 Å². The summed E-state index contributed by atoms with van der Waals surface area (Å²) in [6.07, 6.45) is -0.126. The molecule has 3 aromatic carbocycles. The Bertz CT molecular complexity index is 1100. The van der Waals surface area contributed by atoms with Gasteiger partial charge < -0.3 is 14.4 Å². The summed E-state index contributed by atoms with van der Waals surface area (Å²) in [4.78, 5) is 17.1. The zero-order chi connectivity index (χ0) is 23.9. The third-order valence-electron chi connectivity index (χ3n) is 5.98. The Morgan fingerprint density at radius 3 is 2.35 bits per heavy atom. The van der Waals surface area contributed by atoms with Crippen LogP contribution in [0.25, 0.3) is 0 Å². The molecule has 1 saturated heterocycles. The number of carbonyl (C=O) groups excluding carboxylic acids is 1. The van der Waals surface area contributed by atoms with Crippen molar-refractivity contribution in [3.63, 3.8) is 0 Å². The highest BCUT2D eigenvalue weighted by Crippen LogP contribution is 2.24. The van der Waals surface area contributed by atoms with Gasteiger partial charge >= 0.3 is 0 Å². The molecule has 1 fully saturated rings. The van der Waals surface area contributed by atoms with Crippen LogP contribution >= 0.6 is 23.2 Å². The second-order valence-corrected chi connectivity index (χ2v) is 9.18. The summed E-state index contributed by atoms with van der Waals surface area (Å²) in [7, 11) is 1.66. The number of benzene rings is 3. The minimum Gasteiger partial charge on any atom is -0.497 e. The van der Waals surface area contributed by atoms with Crippen LogP contribution in [0.2, 0.25) is 10.0 Å². The van der Waals surface area contributed by atoms with Gasteiger partial charge in [-0.3, -0.25) is 9.69 Å². The smallest absolute Gasteiger partial charge is 0.253 e. The van der Waals surface area contributed by atoms with Gasteiger partial charge in [-0.05, 0) is 53.6 Å². The van der Waals surface area contributed by atoms with E-state index in [0.29, 0.717) is 35.3 Å². The molecule has 1 heterocycles. The minimum absolute atomic E-state index is 0.0191. The van der Waals surface area contributed by atoms with Crippen molar-refractivity contribution >= 4 is 29.1 Å². The summed E-state index contributed by atoms with van der Waals surface area (Å²) < 4.78 is 11.7. The average Bonchev–Trinajstić information content (AvgIpc) is 2.87. The van der Waals surface area contributed by atoms with Crippen molar-refractivity contribution in [3.8, 4) is 5.75 Å². The number of rotatable bonds is 8. The SMILES string of the molecule is COc1cccc(CO[C@H](CN2CCN(C(=O)c3cccc(Cl)c3)CC2)c2ccc(Cl)cc2)c1. The van der Waals surface area contributed by atoms with Crippen molar-refractivity contribution in [1.29, 1.82) is 0 Å². The first kappa shape index (κ1) is 24.6. The van der Waals surface area contributed by atoms with Crippen LogP contribution in [0.15, 0.2) is 72.8 Å². The fourth-order valence-corrected chi connectivity index (χ4v) is 4.38. The zero-order valence-electron chi connectivity index (χ0n) is 19.1.